The van der Waals surface area contributed by atoms with Gasteiger partial charge in [-0.05, 0) is 23.8 Å². The predicted octanol–water partition coefficient (Wildman–Crippen LogP) is 5.37. The van der Waals surface area contributed by atoms with Gasteiger partial charge in [0, 0.05) is 16.0 Å². The number of alkyl halides is 1. The Bertz CT molecular complexity index is 883. The quantitative estimate of drug-likeness (QED) is 0.544. The van der Waals surface area contributed by atoms with Crippen LogP contribution in [0.4, 0.5) is 9.52 Å². The highest BCUT2D eigenvalue weighted by Crippen LogP contribution is 2.32. The number of nitrogens with zero attached hydrogens (tertiary/aromatic N) is 2. The van der Waals surface area contributed by atoms with Crippen LogP contribution in [-0.2, 0) is 11.3 Å². The van der Waals surface area contributed by atoms with E-state index in [1.54, 1.807) is 18.2 Å². The molecule has 0 saturated carbocycles. The summed E-state index contributed by atoms with van der Waals surface area (Å²) in [5, 5.41) is 2.95. The van der Waals surface area contributed by atoms with Gasteiger partial charge in [-0.3, -0.25) is 9.69 Å². The first-order chi connectivity index (χ1) is 12.1. The first-order valence-electron chi connectivity index (χ1n) is 7.39. The summed E-state index contributed by atoms with van der Waals surface area (Å²) < 4.78 is 13.1. The zero-order valence-electron chi connectivity index (χ0n) is 13.0. The van der Waals surface area contributed by atoms with Gasteiger partial charge in [0.1, 0.15) is 11.7 Å². The average molecular weight is 395 g/mol. The fraction of sp³-hybridized carbons (Fsp3) is 0.111. The Morgan fingerprint density at radius 1 is 1.16 bits per heavy atom. The number of rotatable bonds is 5. The van der Waals surface area contributed by atoms with Crippen LogP contribution in [0.15, 0.2) is 53.9 Å². The Labute approximate surface area is 158 Å². The number of benzene rings is 2. The minimum absolute atomic E-state index is 0.164. The number of carbonyl (C=O) groups is 1. The van der Waals surface area contributed by atoms with Gasteiger partial charge in [0.15, 0.2) is 5.13 Å². The zero-order valence-corrected chi connectivity index (χ0v) is 15.3. The molecule has 1 aromatic heterocycles. The van der Waals surface area contributed by atoms with Crippen LogP contribution in [0.1, 0.15) is 5.56 Å². The molecule has 3 aromatic rings. The largest absolute Gasteiger partial charge is 0.283 e. The Kier molecular flexibility index (Phi) is 5.68. The van der Waals surface area contributed by atoms with Crippen LogP contribution in [0.2, 0.25) is 5.02 Å². The summed E-state index contributed by atoms with van der Waals surface area (Å²) in [4.78, 5) is 18.3. The number of hydrogen-bond acceptors (Lipinski definition) is 3. The van der Waals surface area contributed by atoms with Gasteiger partial charge in [0.05, 0.1) is 12.2 Å². The average Bonchev–Trinajstić information content (AvgIpc) is 3.10. The van der Waals surface area contributed by atoms with E-state index in [4.69, 9.17) is 23.2 Å². The molecule has 0 saturated heterocycles. The second kappa shape index (κ2) is 7.95. The molecule has 0 radical (unpaired) electrons. The maximum Gasteiger partial charge on any atom is 0.244 e. The lowest BCUT2D eigenvalue weighted by Crippen LogP contribution is -2.31. The third-order valence-corrected chi connectivity index (χ3v) is 4.96. The molecule has 7 heteroatoms. The first kappa shape index (κ1) is 17.9. The maximum absolute atomic E-state index is 13.1. The van der Waals surface area contributed by atoms with Crippen LogP contribution >= 0.6 is 34.5 Å². The SMILES string of the molecule is O=C(CCl)N(Cc1ccc(F)cc1)c1nc(-c2ccccc2Cl)cs1. The Morgan fingerprint density at radius 2 is 1.88 bits per heavy atom. The second-order valence-electron chi connectivity index (χ2n) is 5.24. The molecule has 0 aliphatic heterocycles. The number of amides is 1. The van der Waals surface area contributed by atoms with Gasteiger partial charge in [0.2, 0.25) is 5.91 Å². The Morgan fingerprint density at radius 3 is 2.56 bits per heavy atom. The summed E-state index contributed by atoms with van der Waals surface area (Å²) in [5.74, 6) is -0.761. The number of halogens is 3. The lowest BCUT2D eigenvalue weighted by Gasteiger charge is -2.19. The molecule has 2 aromatic carbocycles. The van der Waals surface area contributed by atoms with Crippen molar-refractivity contribution in [3.63, 3.8) is 0 Å². The van der Waals surface area contributed by atoms with Gasteiger partial charge in [-0.15, -0.1) is 22.9 Å². The third-order valence-electron chi connectivity index (χ3n) is 3.54. The summed E-state index contributed by atoms with van der Waals surface area (Å²) in [7, 11) is 0. The van der Waals surface area contributed by atoms with Crippen LogP contribution in [0, 0.1) is 5.82 Å². The predicted molar refractivity (Wildman–Crippen MR) is 101 cm³/mol. The van der Waals surface area contributed by atoms with E-state index in [-0.39, 0.29) is 24.1 Å². The van der Waals surface area contributed by atoms with Gasteiger partial charge >= 0.3 is 0 Å². The molecule has 25 heavy (non-hydrogen) atoms. The smallest absolute Gasteiger partial charge is 0.244 e. The zero-order chi connectivity index (χ0) is 17.8. The van der Waals surface area contributed by atoms with Crippen LogP contribution in [0.5, 0.6) is 0 Å². The second-order valence-corrected chi connectivity index (χ2v) is 6.75. The van der Waals surface area contributed by atoms with Crippen molar-refractivity contribution in [2.24, 2.45) is 0 Å². The van der Waals surface area contributed by atoms with E-state index in [0.29, 0.717) is 15.8 Å². The van der Waals surface area contributed by atoms with Crippen LogP contribution in [-0.4, -0.2) is 16.8 Å². The number of anilines is 1. The van der Waals surface area contributed by atoms with Gasteiger partial charge < -0.3 is 0 Å². The molecule has 0 spiro atoms. The molecule has 128 valence electrons. The summed E-state index contributed by atoms with van der Waals surface area (Å²) in [6.07, 6.45) is 0. The van der Waals surface area contributed by atoms with Gasteiger partial charge in [-0.1, -0.05) is 41.9 Å². The van der Waals surface area contributed by atoms with Crippen molar-refractivity contribution in [3.05, 3.63) is 70.3 Å². The van der Waals surface area contributed by atoms with E-state index in [1.165, 1.54) is 28.4 Å². The molecule has 3 nitrogen and oxygen atoms in total. The summed E-state index contributed by atoms with van der Waals surface area (Å²) in [5.41, 5.74) is 2.28. The molecule has 0 fully saturated rings. The Hall–Kier alpha value is -1.95. The minimum Gasteiger partial charge on any atom is -0.283 e. The van der Waals surface area contributed by atoms with Gasteiger partial charge in [0.25, 0.3) is 0 Å². The standard InChI is InChI=1S/C18H13Cl2FN2OS/c19-9-17(24)23(10-12-5-7-13(21)8-6-12)18-22-16(11-25-18)14-3-1-2-4-15(14)20/h1-8,11H,9-10H2. The van der Waals surface area contributed by atoms with Crippen LogP contribution < -0.4 is 4.90 Å². The lowest BCUT2D eigenvalue weighted by atomic mass is 10.2. The van der Waals surface area contributed by atoms with Crippen molar-refractivity contribution < 1.29 is 9.18 Å². The van der Waals surface area contributed by atoms with Crippen molar-refractivity contribution >= 4 is 45.6 Å². The van der Waals surface area contributed by atoms with Crippen LogP contribution in [0.3, 0.4) is 0 Å². The van der Waals surface area contributed by atoms with Crippen molar-refractivity contribution in [1.82, 2.24) is 4.98 Å². The van der Waals surface area contributed by atoms with Crippen molar-refractivity contribution in [2.45, 2.75) is 6.54 Å². The topological polar surface area (TPSA) is 33.2 Å². The van der Waals surface area contributed by atoms with Crippen molar-refractivity contribution in [3.8, 4) is 11.3 Å². The Balaban J connectivity index is 1.91. The van der Waals surface area contributed by atoms with E-state index in [2.05, 4.69) is 4.98 Å². The molecule has 1 amide bonds. The minimum atomic E-state index is -0.325. The van der Waals surface area contributed by atoms with E-state index in [9.17, 15) is 9.18 Å². The van der Waals surface area contributed by atoms with E-state index >= 15 is 0 Å². The fourth-order valence-corrected chi connectivity index (χ4v) is 3.51. The van der Waals surface area contributed by atoms with E-state index < -0.39 is 0 Å². The number of aromatic nitrogens is 1. The molecular weight excluding hydrogens is 382 g/mol. The fourth-order valence-electron chi connectivity index (χ4n) is 2.29. The molecule has 1 heterocycles. The lowest BCUT2D eigenvalue weighted by molar-refractivity contribution is -0.116. The molecule has 0 bridgehead atoms. The molecule has 3 rings (SSSR count). The highest BCUT2D eigenvalue weighted by Gasteiger charge is 2.19. The summed E-state index contributed by atoms with van der Waals surface area (Å²) in [6, 6.07) is 13.4. The highest BCUT2D eigenvalue weighted by molar-refractivity contribution is 7.14. The van der Waals surface area contributed by atoms with Crippen molar-refractivity contribution in [1.29, 1.82) is 0 Å². The van der Waals surface area contributed by atoms with Crippen LogP contribution in [0.25, 0.3) is 11.3 Å². The molecular formula is C18H13Cl2FN2OS. The van der Waals surface area contributed by atoms with Gasteiger partial charge in [-0.2, -0.15) is 0 Å². The summed E-state index contributed by atoms with van der Waals surface area (Å²) in [6.45, 7) is 0.265. The first-order valence-corrected chi connectivity index (χ1v) is 9.19. The highest BCUT2D eigenvalue weighted by atomic mass is 35.5. The monoisotopic (exact) mass is 394 g/mol. The van der Waals surface area contributed by atoms with Crippen molar-refractivity contribution in [2.75, 3.05) is 10.8 Å². The summed E-state index contributed by atoms with van der Waals surface area (Å²) >= 11 is 13.3. The molecule has 0 N–H and O–H groups in total. The normalized spacial score (nSPS) is 10.7. The van der Waals surface area contributed by atoms with Gasteiger partial charge in [-0.25, -0.2) is 9.37 Å². The maximum atomic E-state index is 13.1. The van der Waals surface area contributed by atoms with E-state index in [0.717, 1.165) is 11.1 Å². The molecule has 0 aliphatic carbocycles. The number of carbonyl (C=O) groups excluding carboxylic acids is 1. The number of thiazole rings is 1. The molecule has 0 aliphatic rings. The molecule has 0 atom stereocenters. The number of hydrogen-bond donors (Lipinski definition) is 0. The molecule has 0 unspecified atom stereocenters. The third kappa shape index (κ3) is 4.18. The van der Waals surface area contributed by atoms with E-state index in [1.807, 2.05) is 23.6 Å².